The molecule has 0 saturated heterocycles. The van der Waals surface area contributed by atoms with Crippen molar-refractivity contribution >= 4 is 23.2 Å². The van der Waals surface area contributed by atoms with Crippen LogP contribution in [-0.4, -0.2) is 19.5 Å². The Labute approximate surface area is 143 Å². The molecule has 0 aliphatic rings. The van der Waals surface area contributed by atoms with Gasteiger partial charge in [0.15, 0.2) is 6.54 Å². The van der Waals surface area contributed by atoms with Crippen LogP contribution in [0.5, 0.6) is 0 Å². The van der Waals surface area contributed by atoms with Crippen LogP contribution in [0.4, 0.5) is 5.69 Å². The second-order valence-corrected chi connectivity index (χ2v) is 6.68. The van der Waals surface area contributed by atoms with Gasteiger partial charge >= 0.3 is 0 Å². The molecule has 2 aromatic rings. The first-order valence-corrected chi connectivity index (χ1v) is 8.16. The van der Waals surface area contributed by atoms with E-state index in [2.05, 4.69) is 37.4 Å². The number of carbonyl (C=O) groups excluding carboxylic acids is 1. The molecule has 0 radical (unpaired) electrons. The zero-order chi connectivity index (χ0) is 17.0. The van der Waals surface area contributed by atoms with Gasteiger partial charge in [0.1, 0.15) is 6.54 Å². The fourth-order valence-electron chi connectivity index (χ4n) is 2.63. The van der Waals surface area contributed by atoms with Gasteiger partial charge in [0.05, 0.1) is 7.05 Å². The highest BCUT2D eigenvalue weighted by Crippen LogP contribution is 2.19. The standard InChI is InChI=1S/C19H23ClN2O/c1-13-5-7-16(15(3)9-13)11-22(4)12-19(23)21-18-10-17(20)8-6-14(18)2/h5-10H,11-12H2,1-4H3,(H,21,23)/p+1. The molecule has 0 fully saturated rings. The van der Waals surface area contributed by atoms with Gasteiger partial charge in [0.2, 0.25) is 0 Å². The van der Waals surface area contributed by atoms with Crippen molar-refractivity contribution in [1.29, 1.82) is 0 Å². The van der Waals surface area contributed by atoms with Crippen LogP contribution in [-0.2, 0) is 11.3 Å². The van der Waals surface area contributed by atoms with Gasteiger partial charge in [-0.05, 0) is 44.0 Å². The molecule has 2 rings (SSSR count). The predicted octanol–water partition coefficient (Wildman–Crippen LogP) is 2.92. The Hall–Kier alpha value is -1.84. The van der Waals surface area contributed by atoms with Crippen molar-refractivity contribution in [3.8, 4) is 0 Å². The van der Waals surface area contributed by atoms with Gasteiger partial charge in [-0.3, -0.25) is 4.79 Å². The molecular weight excluding hydrogens is 308 g/mol. The van der Waals surface area contributed by atoms with E-state index in [-0.39, 0.29) is 5.91 Å². The lowest BCUT2D eigenvalue weighted by Crippen LogP contribution is -3.08. The monoisotopic (exact) mass is 331 g/mol. The highest BCUT2D eigenvalue weighted by molar-refractivity contribution is 6.31. The van der Waals surface area contributed by atoms with Crippen molar-refractivity contribution in [3.63, 3.8) is 0 Å². The molecule has 0 aliphatic carbocycles. The van der Waals surface area contributed by atoms with Crippen LogP contribution < -0.4 is 10.2 Å². The summed E-state index contributed by atoms with van der Waals surface area (Å²) in [4.78, 5) is 13.4. The number of rotatable bonds is 5. The molecule has 0 heterocycles. The van der Waals surface area contributed by atoms with Crippen LogP contribution in [0.1, 0.15) is 22.3 Å². The lowest BCUT2D eigenvalue weighted by molar-refractivity contribution is -0.885. The van der Waals surface area contributed by atoms with Crippen LogP contribution in [0.25, 0.3) is 0 Å². The molecule has 1 amide bonds. The minimum absolute atomic E-state index is 0.00219. The number of halogens is 1. The lowest BCUT2D eigenvalue weighted by Gasteiger charge is -2.16. The van der Waals surface area contributed by atoms with Crippen LogP contribution >= 0.6 is 11.6 Å². The third-order valence-corrected chi connectivity index (χ3v) is 4.16. The van der Waals surface area contributed by atoms with Crippen molar-refractivity contribution in [2.24, 2.45) is 0 Å². The number of anilines is 1. The SMILES string of the molecule is Cc1ccc(C[NH+](C)CC(=O)Nc2cc(Cl)ccc2C)c(C)c1. The van der Waals surface area contributed by atoms with E-state index < -0.39 is 0 Å². The maximum Gasteiger partial charge on any atom is 0.279 e. The third-order valence-electron chi connectivity index (χ3n) is 3.93. The number of carbonyl (C=O) groups is 1. The second-order valence-electron chi connectivity index (χ2n) is 6.25. The van der Waals surface area contributed by atoms with Crippen molar-refractivity contribution in [2.45, 2.75) is 27.3 Å². The molecule has 1 unspecified atom stereocenters. The molecule has 122 valence electrons. The van der Waals surface area contributed by atoms with Crippen LogP contribution in [0.15, 0.2) is 36.4 Å². The van der Waals surface area contributed by atoms with E-state index >= 15 is 0 Å². The van der Waals surface area contributed by atoms with Gasteiger partial charge in [-0.25, -0.2) is 0 Å². The van der Waals surface area contributed by atoms with E-state index in [1.54, 1.807) is 6.07 Å². The summed E-state index contributed by atoms with van der Waals surface area (Å²) in [7, 11) is 2.03. The molecule has 0 aromatic heterocycles. The molecule has 0 spiro atoms. The summed E-state index contributed by atoms with van der Waals surface area (Å²) in [6, 6.07) is 12.0. The summed E-state index contributed by atoms with van der Waals surface area (Å²) < 4.78 is 0. The minimum atomic E-state index is -0.00219. The highest BCUT2D eigenvalue weighted by atomic mass is 35.5. The molecular formula is C19H24ClN2O+. The summed E-state index contributed by atoms with van der Waals surface area (Å²) in [6.45, 7) is 7.41. The van der Waals surface area contributed by atoms with Crippen molar-refractivity contribution in [2.75, 3.05) is 18.9 Å². The normalized spacial score (nSPS) is 12.0. The predicted molar refractivity (Wildman–Crippen MR) is 96.2 cm³/mol. The van der Waals surface area contributed by atoms with Gasteiger partial charge in [-0.1, -0.05) is 41.4 Å². The Morgan fingerprint density at radius 1 is 1.09 bits per heavy atom. The number of quaternary nitrogens is 1. The minimum Gasteiger partial charge on any atom is -0.326 e. The molecule has 2 N–H and O–H groups in total. The zero-order valence-corrected chi connectivity index (χ0v) is 14.9. The van der Waals surface area contributed by atoms with E-state index in [1.807, 2.05) is 26.1 Å². The fraction of sp³-hybridized carbons (Fsp3) is 0.316. The smallest absolute Gasteiger partial charge is 0.279 e. The largest absolute Gasteiger partial charge is 0.326 e. The number of aryl methyl sites for hydroxylation is 3. The molecule has 4 heteroatoms. The maximum absolute atomic E-state index is 12.2. The van der Waals surface area contributed by atoms with Crippen molar-refractivity contribution < 1.29 is 9.69 Å². The molecule has 1 atom stereocenters. The van der Waals surface area contributed by atoms with Gasteiger partial charge < -0.3 is 10.2 Å². The van der Waals surface area contributed by atoms with Crippen molar-refractivity contribution in [1.82, 2.24) is 0 Å². The highest BCUT2D eigenvalue weighted by Gasteiger charge is 2.13. The number of likely N-dealkylation sites (N-methyl/N-ethyl adjacent to an activating group) is 1. The summed E-state index contributed by atoms with van der Waals surface area (Å²) in [5.74, 6) is -0.00219. The van der Waals surface area contributed by atoms with Gasteiger partial charge in [0.25, 0.3) is 5.91 Å². The Morgan fingerprint density at radius 3 is 2.52 bits per heavy atom. The average molecular weight is 332 g/mol. The Kier molecular flexibility index (Phi) is 5.80. The maximum atomic E-state index is 12.2. The Balaban J connectivity index is 1.95. The van der Waals surface area contributed by atoms with E-state index in [0.717, 1.165) is 22.7 Å². The first-order valence-electron chi connectivity index (χ1n) is 7.78. The average Bonchev–Trinajstić information content (AvgIpc) is 2.46. The van der Waals surface area contributed by atoms with Crippen LogP contribution in [0, 0.1) is 20.8 Å². The fourth-order valence-corrected chi connectivity index (χ4v) is 2.80. The zero-order valence-electron chi connectivity index (χ0n) is 14.2. The third kappa shape index (κ3) is 5.08. The molecule has 3 nitrogen and oxygen atoms in total. The van der Waals surface area contributed by atoms with Crippen molar-refractivity contribution in [3.05, 3.63) is 63.7 Å². The summed E-state index contributed by atoms with van der Waals surface area (Å²) >= 11 is 5.99. The van der Waals surface area contributed by atoms with Gasteiger partial charge in [-0.15, -0.1) is 0 Å². The Morgan fingerprint density at radius 2 is 1.83 bits per heavy atom. The molecule has 0 saturated carbocycles. The summed E-state index contributed by atoms with van der Waals surface area (Å²) in [5, 5.41) is 3.57. The molecule has 0 aliphatic heterocycles. The van der Waals surface area contributed by atoms with E-state index in [9.17, 15) is 4.79 Å². The lowest BCUT2D eigenvalue weighted by atomic mass is 10.1. The molecule has 0 bridgehead atoms. The van der Waals surface area contributed by atoms with Gasteiger partial charge in [0, 0.05) is 16.3 Å². The Bertz CT molecular complexity index is 713. The summed E-state index contributed by atoms with van der Waals surface area (Å²) in [6.07, 6.45) is 0. The quantitative estimate of drug-likeness (QED) is 0.867. The molecule has 2 aromatic carbocycles. The topological polar surface area (TPSA) is 33.5 Å². The van der Waals surface area contributed by atoms with E-state index in [0.29, 0.717) is 11.6 Å². The van der Waals surface area contributed by atoms with Crippen LogP contribution in [0.2, 0.25) is 5.02 Å². The van der Waals surface area contributed by atoms with E-state index in [4.69, 9.17) is 11.6 Å². The van der Waals surface area contributed by atoms with E-state index in [1.165, 1.54) is 16.7 Å². The van der Waals surface area contributed by atoms with Crippen LogP contribution in [0.3, 0.4) is 0 Å². The molecule has 23 heavy (non-hydrogen) atoms. The van der Waals surface area contributed by atoms with Gasteiger partial charge in [-0.2, -0.15) is 0 Å². The first kappa shape index (κ1) is 17.5. The second kappa shape index (κ2) is 7.62. The number of amides is 1. The summed E-state index contributed by atoms with van der Waals surface area (Å²) in [5.41, 5.74) is 5.60. The number of nitrogens with one attached hydrogen (secondary N) is 2. The number of hydrogen-bond acceptors (Lipinski definition) is 1. The first-order chi connectivity index (χ1) is 10.8. The number of benzene rings is 2. The number of hydrogen-bond donors (Lipinski definition) is 2.